The van der Waals surface area contributed by atoms with Crippen LogP contribution in [0.5, 0.6) is 5.75 Å². The Hall–Kier alpha value is -2.39. The lowest BCUT2D eigenvalue weighted by Crippen LogP contribution is -2.55. The quantitative estimate of drug-likeness (QED) is 0.781. The summed E-state index contributed by atoms with van der Waals surface area (Å²) in [6.45, 7) is 6.12. The van der Waals surface area contributed by atoms with E-state index in [4.69, 9.17) is 4.74 Å². The molecule has 3 rings (SSSR count). The first-order valence-electron chi connectivity index (χ1n) is 8.36. The number of rotatable bonds is 4. The molecule has 1 saturated heterocycles. The van der Waals surface area contributed by atoms with E-state index in [1.165, 1.54) is 22.5 Å². The second-order valence-corrected chi connectivity index (χ2v) is 8.05. The average Bonchev–Trinajstić information content (AvgIpc) is 2.66. The molecular formula is C17H21N3O5S. The number of hydrogen-bond donors (Lipinski definition) is 1. The molecule has 26 heavy (non-hydrogen) atoms. The Labute approximate surface area is 152 Å². The van der Waals surface area contributed by atoms with Gasteiger partial charge in [-0.25, -0.2) is 8.42 Å². The van der Waals surface area contributed by atoms with Gasteiger partial charge in [-0.1, -0.05) is 13.5 Å². The standard InChI is InChI=1S/C17H21N3O5S/c1-3-12-10-19(17(22)4-2)7-8-20(12)26(23,24)13-5-6-15-14(9-13)18-16(21)11-25-15/h4-6,9,12H,2-3,7-8,10-11H2,1H3,(H,18,21). The number of carbonyl (C=O) groups is 2. The summed E-state index contributed by atoms with van der Waals surface area (Å²) in [5.41, 5.74) is 0.343. The molecule has 8 nitrogen and oxygen atoms in total. The minimum absolute atomic E-state index is 0.0870. The lowest BCUT2D eigenvalue weighted by atomic mass is 10.1. The van der Waals surface area contributed by atoms with Crippen LogP contribution in [0.4, 0.5) is 5.69 Å². The SMILES string of the molecule is C=CC(=O)N1CCN(S(=O)(=O)c2ccc3c(c2)NC(=O)CO3)C(CC)C1. The number of ether oxygens (including phenoxy) is 1. The van der Waals surface area contributed by atoms with E-state index < -0.39 is 10.0 Å². The van der Waals surface area contributed by atoms with Crippen molar-refractivity contribution >= 4 is 27.5 Å². The highest BCUT2D eigenvalue weighted by molar-refractivity contribution is 7.89. The van der Waals surface area contributed by atoms with Crippen LogP contribution < -0.4 is 10.1 Å². The topological polar surface area (TPSA) is 96.0 Å². The Morgan fingerprint density at radius 2 is 2.19 bits per heavy atom. The number of carbonyl (C=O) groups excluding carboxylic acids is 2. The van der Waals surface area contributed by atoms with Crippen LogP contribution in [0.15, 0.2) is 35.7 Å². The molecule has 2 aliphatic heterocycles. The molecule has 0 spiro atoms. The van der Waals surface area contributed by atoms with Crippen molar-refractivity contribution in [3.63, 3.8) is 0 Å². The number of anilines is 1. The van der Waals surface area contributed by atoms with E-state index in [1.807, 2.05) is 6.92 Å². The molecule has 1 unspecified atom stereocenters. The van der Waals surface area contributed by atoms with Crippen molar-refractivity contribution in [2.75, 3.05) is 31.6 Å². The Bertz CT molecular complexity index is 852. The maximum Gasteiger partial charge on any atom is 0.262 e. The maximum atomic E-state index is 13.1. The monoisotopic (exact) mass is 379 g/mol. The van der Waals surface area contributed by atoms with Crippen LogP contribution >= 0.6 is 0 Å². The molecular weight excluding hydrogens is 358 g/mol. The van der Waals surface area contributed by atoms with Crippen molar-refractivity contribution in [1.29, 1.82) is 0 Å². The lowest BCUT2D eigenvalue weighted by Gasteiger charge is -2.40. The molecule has 0 saturated carbocycles. The van der Waals surface area contributed by atoms with Gasteiger partial charge in [0.1, 0.15) is 5.75 Å². The molecule has 0 aromatic heterocycles. The fourth-order valence-corrected chi connectivity index (χ4v) is 4.88. The molecule has 1 fully saturated rings. The van der Waals surface area contributed by atoms with E-state index in [-0.39, 0.29) is 35.9 Å². The zero-order valence-corrected chi connectivity index (χ0v) is 15.3. The molecule has 0 bridgehead atoms. The van der Waals surface area contributed by atoms with Crippen molar-refractivity contribution in [1.82, 2.24) is 9.21 Å². The van der Waals surface area contributed by atoms with Gasteiger partial charge < -0.3 is 15.0 Å². The van der Waals surface area contributed by atoms with Crippen molar-refractivity contribution < 1.29 is 22.7 Å². The van der Waals surface area contributed by atoms with Gasteiger partial charge in [0.05, 0.1) is 10.6 Å². The van der Waals surface area contributed by atoms with Gasteiger partial charge in [0, 0.05) is 25.7 Å². The number of nitrogens with zero attached hydrogens (tertiary/aromatic N) is 2. The second-order valence-electron chi connectivity index (χ2n) is 6.16. The van der Waals surface area contributed by atoms with Crippen LogP contribution in [0.3, 0.4) is 0 Å². The van der Waals surface area contributed by atoms with E-state index in [2.05, 4.69) is 11.9 Å². The number of piperazine rings is 1. The minimum Gasteiger partial charge on any atom is -0.482 e. The summed E-state index contributed by atoms with van der Waals surface area (Å²) in [5, 5.41) is 2.62. The number of sulfonamides is 1. The van der Waals surface area contributed by atoms with Gasteiger partial charge >= 0.3 is 0 Å². The molecule has 1 aromatic rings. The van der Waals surface area contributed by atoms with Gasteiger partial charge in [-0.2, -0.15) is 4.31 Å². The molecule has 140 valence electrons. The molecule has 2 amide bonds. The highest BCUT2D eigenvalue weighted by Crippen LogP contribution is 2.32. The number of fused-ring (bicyclic) bond motifs is 1. The van der Waals surface area contributed by atoms with Crippen LogP contribution in [0.25, 0.3) is 0 Å². The van der Waals surface area contributed by atoms with Gasteiger partial charge in [-0.05, 0) is 30.7 Å². The van der Waals surface area contributed by atoms with Gasteiger partial charge in [0.15, 0.2) is 6.61 Å². The third-order valence-corrected chi connectivity index (χ3v) is 6.52. The molecule has 1 N–H and O–H groups in total. The van der Waals surface area contributed by atoms with Crippen LogP contribution in [0, 0.1) is 0 Å². The Balaban J connectivity index is 1.88. The zero-order chi connectivity index (χ0) is 18.9. The number of nitrogens with one attached hydrogen (secondary N) is 1. The number of benzene rings is 1. The Morgan fingerprint density at radius 3 is 2.88 bits per heavy atom. The summed E-state index contributed by atoms with van der Waals surface area (Å²) in [5.74, 6) is -0.0823. The van der Waals surface area contributed by atoms with Gasteiger partial charge in [-0.3, -0.25) is 9.59 Å². The zero-order valence-electron chi connectivity index (χ0n) is 14.5. The van der Waals surface area contributed by atoms with E-state index in [9.17, 15) is 18.0 Å². The predicted octanol–water partition coefficient (Wildman–Crippen LogP) is 0.815. The van der Waals surface area contributed by atoms with Crippen LogP contribution in [-0.2, 0) is 19.6 Å². The van der Waals surface area contributed by atoms with Crippen molar-refractivity contribution in [2.45, 2.75) is 24.3 Å². The molecule has 2 aliphatic rings. The summed E-state index contributed by atoms with van der Waals surface area (Å²) < 4.78 is 32.9. The summed E-state index contributed by atoms with van der Waals surface area (Å²) in [6, 6.07) is 4.11. The molecule has 1 aromatic carbocycles. The van der Waals surface area contributed by atoms with Crippen molar-refractivity contribution in [3.05, 3.63) is 30.9 Å². The average molecular weight is 379 g/mol. The van der Waals surface area contributed by atoms with Gasteiger partial charge in [0.2, 0.25) is 15.9 Å². The van der Waals surface area contributed by atoms with Crippen molar-refractivity contribution in [3.8, 4) is 5.75 Å². The first-order chi connectivity index (χ1) is 12.4. The first-order valence-corrected chi connectivity index (χ1v) is 9.80. The smallest absolute Gasteiger partial charge is 0.262 e. The fraction of sp³-hybridized carbons (Fsp3) is 0.412. The van der Waals surface area contributed by atoms with Crippen LogP contribution in [0.1, 0.15) is 13.3 Å². The highest BCUT2D eigenvalue weighted by Gasteiger charge is 2.36. The molecule has 1 atom stereocenters. The van der Waals surface area contributed by atoms with Gasteiger partial charge in [-0.15, -0.1) is 0 Å². The van der Waals surface area contributed by atoms with Crippen molar-refractivity contribution in [2.24, 2.45) is 0 Å². The second kappa shape index (κ2) is 7.08. The minimum atomic E-state index is -3.77. The Kier molecular flexibility index (Phi) is 5.01. The fourth-order valence-electron chi connectivity index (χ4n) is 3.18. The normalized spacial score (nSPS) is 20.7. The largest absolute Gasteiger partial charge is 0.482 e. The van der Waals surface area contributed by atoms with E-state index in [0.717, 1.165) is 0 Å². The van der Waals surface area contributed by atoms with E-state index >= 15 is 0 Å². The maximum absolute atomic E-state index is 13.1. The van der Waals surface area contributed by atoms with Gasteiger partial charge in [0.25, 0.3) is 5.91 Å². The summed E-state index contributed by atoms with van der Waals surface area (Å²) in [7, 11) is -3.77. The summed E-state index contributed by atoms with van der Waals surface area (Å²) in [4.78, 5) is 25.0. The molecule has 9 heteroatoms. The highest BCUT2D eigenvalue weighted by atomic mass is 32.2. The third-order valence-electron chi connectivity index (χ3n) is 4.58. The third kappa shape index (κ3) is 3.32. The van der Waals surface area contributed by atoms with Crippen LogP contribution in [0.2, 0.25) is 0 Å². The van der Waals surface area contributed by atoms with Crippen LogP contribution in [-0.4, -0.2) is 61.7 Å². The number of amides is 2. The Morgan fingerprint density at radius 1 is 1.42 bits per heavy atom. The van der Waals surface area contributed by atoms with E-state index in [1.54, 1.807) is 11.0 Å². The molecule has 0 radical (unpaired) electrons. The number of hydrogen-bond acceptors (Lipinski definition) is 5. The lowest BCUT2D eigenvalue weighted by molar-refractivity contribution is -0.128. The molecule has 0 aliphatic carbocycles. The van der Waals surface area contributed by atoms with E-state index in [0.29, 0.717) is 30.9 Å². The first kappa shape index (κ1) is 18.4. The predicted molar refractivity (Wildman–Crippen MR) is 95.3 cm³/mol. The summed E-state index contributed by atoms with van der Waals surface area (Å²) >= 11 is 0. The molecule has 2 heterocycles. The summed E-state index contributed by atoms with van der Waals surface area (Å²) in [6.07, 6.45) is 1.81.